The van der Waals surface area contributed by atoms with Crippen molar-refractivity contribution in [2.45, 2.75) is 31.9 Å². The molecule has 1 heterocycles. The number of para-hydroxylation sites is 1. The lowest BCUT2D eigenvalue weighted by Crippen LogP contribution is -2.40. The molecule has 1 fully saturated rings. The predicted octanol–water partition coefficient (Wildman–Crippen LogP) is 1.40. The van der Waals surface area contributed by atoms with Crippen molar-refractivity contribution in [2.75, 3.05) is 13.1 Å². The SMILES string of the molecule is CCCN1CC(Oc2ccccc2)CC1C(N)=O. The third-order valence-electron chi connectivity index (χ3n) is 3.25. The number of nitrogens with zero attached hydrogens (tertiary/aromatic N) is 1. The van der Waals surface area contributed by atoms with E-state index in [-0.39, 0.29) is 18.1 Å². The minimum absolute atomic E-state index is 0.0523. The standard InChI is InChI=1S/C14H20N2O2/c1-2-8-16-10-12(9-13(16)14(15)17)18-11-6-4-3-5-7-11/h3-7,12-13H,2,8-10H2,1H3,(H2,15,17). The van der Waals surface area contributed by atoms with Crippen molar-refractivity contribution in [2.24, 2.45) is 5.73 Å². The maximum atomic E-state index is 11.4. The van der Waals surface area contributed by atoms with Gasteiger partial charge in [0.25, 0.3) is 0 Å². The van der Waals surface area contributed by atoms with Gasteiger partial charge in [0.05, 0.1) is 6.04 Å². The van der Waals surface area contributed by atoms with Gasteiger partial charge in [-0.2, -0.15) is 0 Å². The van der Waals surface area contributed by atoms with Crippen molar-refractivity contribution >= 4 is 5.91 Å². The van der Waals surface area contributed by atoms with E-state index in [9.17, 15) is 4.79 Å². The number of hydrogen-bond donors (Lipinski definition) is 1. The first-order valence-electron chi connectivity index (χ1n) is 6.45. The third-order valence-corrected chi connectivity index (χ3v) is 3.25. The van der Waals surface area contributed by atoms with E-state index < -0.39 is 0 Å². The Morgan fingerprint density at radius 1 is 1.44 bits per heavy atom. The summed E-state index contributed by atoms with van der Waals surface area (Å²) in [6, 6.07) is 9.53. The van der Waals surface area contributed by atoms with Gasteiger partial charge in [0, 0.05) is 13.0 Å². The van der Waals surface area contributed by atoms with Crippen molar-refractivity contribution in [3.8, 4) is 5.75 Å². The van der Waals surface area contributed by atoms with E-state index >= 15 is 0 Å². The monoisotopic (exact) mass is 248 g/mol. The molecule has 0 aliphatic carbocycles. The van der Waals surface area contributed by atoms with Crippen LogP contribution in [0.4, 0.5) is 0 Å². The molecule has 2 N–H and O–H groups in total. The normalized spacial score (nSPS) is 24.1. The highest BCUT2D eigenvalue weighted by Gasteiger charge is 2.36. The van der Waals surface area contributed by atoms with Crippen molar-refractivity contribution < 1.29 is 9.53 Å². The number of amides is 1. The molecule has 1 aromatic carbocycles. The van der Waals surface area contributed by atoms with E-state index in [0.29, 0.717) is 6.42 Å². The Hall–Kier alpha value is -1.55. The molecule has 0 aromatic heterocycles. The number of hydrogen-bond acceptors (Lipinski definition) is 3. The van der Waals surface area contributed by atoms with E-state index in [4.69, 9.17) is 10.5 Å². The second-order valence-electron chi connectivity index (χ2n) is 4.70. The Kier molecular flexibility index (Phi) is 4.20. The van der Waals surface area contributed by atoms with E-state index in [1.165, 1.54) is 0 Å². The van der Waals surface area contributed by atoms with Crippen LogP contribution in [0.1, 0.15) is 19.8 Å². The van der Waals surface area contributed by atoms with Gasteiger partial charge in [-0.25, -0.2) is 0 Å². The Balaban J connectivity index is 1.98. The molecule has 1 aliphatic rings. The number of rotatable bonds is 5. The highest BCUT2D eigenvalue weighted by atomic mass is 16.5. The maximum absolute atomic E-state index is 11.4. The quantitative estimate of drug-likeness (QED) is 0.857. The van der Waals surface area contributed by atoms with Crippen molar-refractivity contribution in [3.05, 3.63) is 30.3 Å². The molecule has 0 radical (unpaired) electrons. The first-order chi connectivity index (χ1) is 8.70. The summed E-state index contributed by atoms with van der Waals surface area (Å²) in [5.74, 6) is 0.603. The van der Waals surface area contributed by atoms with Crippen LogP contribution in [0, 0.1) is 0 Å². The molecular formula is C14H20N2O2. The molecule has 1 amide bonds. The van der Waals surface area contributed by atoms with Crippen LogP contribution in [0.25, 0.3) is 0 Å². The lowest BCUT2D eigenvalue weighted by molar-refractivity contribution is -0.122. The van der Waals surface area contributed by atoms with Crippen LogP contribution in [-0.2, 0) is 4.79 Å². The summed E-state index contributed by atoms with van der Waals surface area (Å²) in [6.45, 7) is 3.77. The number of likely N-dealkylation sites (tertiary alicyclic amines) is 1. The second-order valence-corrected chi connectivity index (χ2v) is 4.70. The number of carbonyl (C=O) groups excluding carboxylic acids is 1. The van der Waals surface area contributed by atoms with Crippen LogP contribution in [0.15, 0.2) is 30.3 Å². The first-order valence-corrected chi connectivity index (χ1v) is 6.45. The van der Waals surface area contributed by atoms with Crippen molar-refractivity contribution in [1.29, 1.82) is 0 Å². The second kappa shape index (κ2) is 5.87. The molecule has 0 spiro atoms. The van der Waals surface area contributed by atoms with Gasteiger partial charge in [0.1, 0.15) is 11.9 Å². The van der Waals surface area contributed by atoms with Gasteiger partial charge in [-0.3, -0.25) is 9.69 Å². The van der Waals surface area contributed by atoms with Crippen LogP contribution >= 0.6 is 0 Å². The van der Waals surface area contributed by atoms with Gasteiger partial charge >= 0.3 is 0 Å². The number of nitrogens with two attached hydrogens (primary N) is 1. The molecule has 0 saturated carbocycles. The largest absolute Gasteiger partial charge is 0.489 e. The molecule has 4 nitrogen and oxygen atoms in total. The summed E-state index contributed by atoms with van der Waals surface area (Å²) in [6.07, 6.45) is 1.75. The molecular weight excluding hydrogens is 228 g/mol. The molecule has 1 aromatic rings. The van der Waals surface area contributed by atoms with Gasteiger partial charge in [0.15, 0.2) is 0 Å². The fourth-order valence-corrected chi connectivity index (χ4v) is 2.47. The summed E-state index contributed by atoms with van der Waals surface area (Å²) < 4.78 is 5.88. The zero-order chi connectivity index (χ0) is 13.0. The topological polar surface area (TPSA) is 55.6 Å². The van der Waals surface area contributed by atoms with Crippen LogP contribution in [0.2, 0.25) is 0 Å². The van der Waals surface area contributed by atoms with E-state index in [1.54, 1.807) is 0 Å². The summed E-state index contributed by atoms with van der Waals surface area (Å²) in [5.41, 5.74) is 5.44. The number of carbonyl (C=O) groups is 1. The Morgan fingerprint density at radius 2 is 2.17 bits per heavy atom. The van der Waals surface area contributed by atoms with E-state index in [0.717, 1.165) is 25.3 Å². The zero-order valence-corrected chi connectivity index (χ0v) is 10.7. The van der Waals surface area contributed by atoms with Crippen LogP contribution in [0.3, 0.4) is 0 Å². The fourth-order valence-electron chi connectivity index (χ4n) is 2.47. The van der Waals surface area contributed by atoms with Gasteiger partial charge in [0.2, 0.25) is 5.91 Å². The van der Waals surface area contributed by atoms with Crippen LogP contribution in [0.5, 0.6) is 5.75 Å². The molecule has 1 saturated heterocycles. The average Bonchev–Trinajstić information content (AvgIpc) is 2.74. The maximum Gasteiger partial charge on any atom is 0.234 e. The molecule has 2 rings (SSSR count). The smallest absolute Gasteiger partial charge is 0.234 e. The molecule has 4 heteroatoms. The van der Waals surface area contributed by atoms with E-state index in [2.05, 4.69) is 11.8 Å². The van der Waals surface area contributed by atoms with Gasteiger partial charge in [-0.1, -0.05) is 25.1 Å². The first kappa shape index (κ1) is 12.9. The highest BCUT2D eigenvalue weighted by Crippen LogP contribution is 2.22. The molecule has 2 unspecified atom stereocenters. The molecule has 18 heavy (non-hydrogen) atoms. The van der Waals surface area contributed by atoms with E-state index in [1.807, 2.05) is 30.3 Å². The zero-order valence-electron chi connectivity index (χ0n) is 10.7. The molecule has 1 aliphatic heterocycles. The summed E-state index contributed by atoms with van der Waals surface area (Å²) in [7, 11) is 0. The Labute approximate surface area is 108 Å². The van der Waals surface area contributed by atoms with Gasteiger partial charge in [-0.15, -0.1) is 0 Å². The van der Waals surface area contributed by atoms with Crippen LogP contribution < -0.4 is 10.5 Å². The summed E-state index contributed by atoms with van der Waals surface area (Å²) in [4.78, 5) is 13.5. The highest BCUT2D eigenvalue weighted by molar-refractivity contribution is 5.80. The average molecular weight is 248 g/mol. The van der Waals surface area contributed by atoms with Crippen molar-refractivity contribution in [1.82, 2.24) is 4.90 Å². The summed E-state index contributed by atoms with van der Waals surface area (Å²) in [5, 5.41) is 0. The van der Waals surface area contributed by atoms with Gasteiger partial charge < -0.3 is 10.5 Å². The third kappa shape index (κ3) is 3.01. The number of benzene rings is 1. The van der Waals surface area contributed by atoms with Gasteiger partial charge in [-0.05, 0) is 25.1 Å². The Bertz CT molecular complexity index is 394. The summed E-state index contributed by atoms with van der Waals surface area (Å²) >= 11 is 0. The predicted molar refractivity (Wildman–Crippen MR) is 70.3 cm³/mol. The number of ether oxygens (including phenoxy) is 1. The lowest BCUT2D eigenvalue weighted by atomic mass is 10.2. The molecule has 98 valence electrons. The molecule has 0 bridgehead atoms. The Morgan fingerprint density at radius 3 is 2.78 bits per heavy atom. The van der Waals surface area contributed by atoms with Crippen LogP contribution in [-0.4, -0.2) is 36.0 Å². The minimum atomic E-state index is -0.248. The molecule has 2 atom stereocenters. The number of primary amides is 1. The van der Waals surface area contributed by atoms with Crippen molar-refractivity contribution in [3.63, 3.8) is 0 Å². The lowest BCUT2D eigenvalue weighted by Gasteiger charge is -2.20. The fraction of sp³-hybridized carbons (Fsp3) is 0.500. The minimum Gasteiger partial charge on any atom is -0.489 e.